The summed E-state index contributed by atoms with van der Waals surface area (Å²) in [6.07, 6.45) is 4.63. The van der Waals surface area contributed by atoms with E-state index < -0.39 is 18.0 Å². The van der Waals surface area contributed by atoms with Gasteiger partial charge in [0, 0.05) is 41.0 Å². The van der Waals surface area contributed by atoms with Crippen LogP contribution in [0.25, 0.3) is 33.4 Å². The molecule has 8 nitrogen and oxygen atoms in total. The first-order valence-electron chi connectivity index (χ1n) is 13.2. The molecule has 0 aliphatic rings. The van der Waals surface area contributed by atoms with Gasteiger partial charge in [-0.2, -0.15) is 0 Å². The van der Waals surface area contributed by atoms with Crippen molar-refractivity contribution in [2.24, 2.45) is 0 Å². The number of alkyl halides is 1. The Hall–Kier alpha value is -5.44. The third-order valence-electron chi connectivity index (χ3n) is 6.84. The van der Waals surface area contributed by atoms with Crippen LogP contribution >= 0.6 is 0 Å². The predicted molar refractivity (Wildman–Crippen MR) is 163 cm³/mol. The Kier molecular flexibility index (Phi) is 8.29. The zero-order chi connectivity index (χ0) is 29.6. The minimum absolute atomic E-state index is 0.0208. The van der Waals surface area contributed by atoms with Gasteiger partial charge in [0.15, 0.2) is 11.5 Å². The number of hydrogen-bond acceptors (Lipinski definition) is 6. The number of carbonyl (C=O) groups excluding carboxylic acids is 1. The van der Waals surface area contributed by atoms with E-state index in [1.54, 1.807) is 63.0 Å². The standard InChI is InChI=1S/C33H29FN4O4/c1-41-29-13-10-23(17-30(29)42-2)24-16-26(32(35)36-18-24)22-8-11-25(12-9-22)37-33(40)28-20-38(15-14-34)19-27(31(28)39)21-6-4-3-5-7-21/h3-13,16-20H,14-15H2,1-2H3,(H2,35,36)(H,37,40). The monoisotopic (exact) mass is 564 g/mol. The molecule has 2 heterocycles. The highest BCUT2D eigenvalue weighted by molar-refractivity contribution is 6.04. The third-order valence-corrected chi connectivity index (χ3v) is 6.84. The van der Waals surface area contributed by atoms with Crippen LogP contribution in [0.4, 0.5) is 15.9 Å². The van der Waals surface area contributed by atoms with Crippen molar-refractivity contribution in [2.75, 3.05) is 31.9 Å². The minimum atomic E-state index is -0.634. The Morgan fingerprint density at radius 1 is 0.857 bits per heavy atom. The van der Waals surface area contributed by atoms with E-state index in [9.17, 15) is 14.0 Å². The highest BCUT2D eigenvalue weighted by atomic mass is 19.1. The highest BCUT2D eigenvalue weighted by Gasteiger charge is 2.17. The van der Waals surface area contributed by atoms with Gasteiger partial charge in [-0.25, -0.2) is 9.37 Å². The van der Waals surface area contributed by atoms with Crippen molar-refractivity contribution < 1.29 is 18.7 Å². The number of hydrogen-bond donors (Lipinski definition) is 2. The van der Waals surface area contributed by atoms with Gasteiger partial charge >= 0.3 is 0 Å². The lowest BCUT2D eigenvalue weighted by Gasteiger charge is -2.13. The van der Waals surface area contributed by atoms with E-state index in [0.717, 1.165) is 16.7 Å². The van der Waals surface area contributed by atoms with Gasteiger partial charge in [-0.05, 0) is 47.0 Å². The molecule has 212 valence electrons. The fourth-order valence-electron chi connectivity index (χ4n) is 4.65. The van der Waals surface area contributed by atoms with Gasteiger partial charge in [0.1, 0.15) is 18.1 Å². The Morgan fingerprint density at radius 2 is 1.55 bits per heavy atom. The zero-order valence-corrected chi connectivity index (χ0v) is 23.1. The van der Waals surface area contributed by atoms with Crippen LogP contribution in [0.3, 0.4) is 0 Å². The number of rotatable bonds is 9. The predicted octanol–water partition coefficient (Wildman–Crippen LogP) is 6.07. The van der Waals surface area contributed by atoms with Crippen molar-refractivity contribution in [3.63, 3.8) is 0 Å². The molecule has 2 aromatic heterocycles. The summed E-state index contributed by atoms with van der Waals surface area (Å²) in [5, 5.41) is 2.78. The lowest BCUT2D eigenvalue weighted by Crippen LogP contribution is -2.24. The summed E-state index contributed by atoms with van der Waals surface area (Å²) in [5.41, 5.74) is 10.4. The lowest BCUT2D eigenvalue weighted by molar-refractivity contribution is 0.102. The van der Waals surface area contributed by atoms with E-state index in [2.05, 4.69) is 10.3 Å². The average Bonchev–Trinajstić information content (AvgIpc) is 3.02. The van der Waals surface area contributed by atoms with Gasteiger partial charge in [-0.3, -0.25) is 9.59 Å². The first kappa shape index (κ1) is 28.1. The smallest absolute Gasteiger partial charge is 0.261 e. The molecule has 3 N–H and O–H groups in total. The van der Waals surface area contributed by atoms with E-state index in [1.807, 2.05) is 42.5 Å². The maximum absolute atomic E-state index is 13.3. The number of nitrogens with zero attached hydrogens (tertiary/aromatic N) is 2. The van der Waals surface area contributed by atoms with Gasteiger partial charge in [0.2, 0.25) is 5.43 Å². The molecule has 0 saturated heterocycles. The van der Waals surface area contributed by atoms with Crippen LogP contribution in [0.1, 0.15) is 10.4 Å². The van der Waals surface area contributed by atoms with Gasteiger partial charge < -0.3 is 25.1 Å². The number of nitrogens with two attached hydrogens (primary N) is 1. The second-order valence-electron chi connectivity index (χ2n) is 9.47. The van der Waals surface area contributed by atoms with Crippen LogP contribution in [-0.2, 0) is 6.54 Å². The average molecular weight is 565 g/mol. The van der Waals surface area contributed by atoms with Crippen LogP contribution in [0.5, 0.6) is 11.5 Å². The highest BCUT2D eigenvalue weighted by Crippen LogP contribution is 2.35. The number of methoxy groups -OCH3 is 2. The molecule has 42 heavy (non-hydrogen) atoms. The Balaban J connectivity index is 1.41. The van der Waals surface area contributed by atoms with E-state index >= 15 is 0 Å². The molecule has 0 fully saturated rings. The molecule has 1 amide bonds. The van der Waals surface area contributed by atoms with E-state index in [4.69, 9.17) is 15.2 Å². The molecule has 3 aromatic carbocycles. The topological polar surface area (TPSA) is 108 Å². The zero-order valence-electron chi connectivity index (χ0n) is 23.1. The van der Waals surface area contributed by atoms with Crippen LogP contribution in [-0.4, -0.2) is 36.4 Å². The Bertz CT molecular complexity index is 1790. The Labute approximate surface area is 242 Å². The van der Waals surface area contributed by atoms with Crippen molar-refractivity contribution in [1.82, 2.24) is 9.55 Å². The number of amides is 1. The summed E-state index contributed by atoms with van der Waals surface area (Å²) in [7, 11) is 3.16. The Morgan fingerprint density at radius 3 is 2.24 bits per heavy atom. The summed E-state index contributed by atoms with van der Waals surface area (Å²) in [4.78, 5) is 30.9. The van der Waals surface area contributed by atoms with Crippen LogP contribution < -0.4 is 26.0 Å². The van der Waals surface area contributed by atoms with Gasteiger partial charge in [0.25, 0.3) is 5.91 Å². The van der Waals surface area contributed by atoms with Gasteiger partial charge in [-0.15, -0.1) is 0 Å². The normalized spacial score (nSPS) is 10.7. The summed E-state index contributed by atoms with van der Waals surface area (Å²) >= 11 is 0. The number of pyridine rings is 2. The van der Waals surface area contributed by atoms with Gasteiger partial charge in [0.05, 0.1) is 20.8 Å². The summed E-state index contributed by atoms with van der Waals surface area (Å²) in [5.74, 6) is 0.979. The fourth-order valence-corrected chi connectivity index (χ4v) is 4.65. The molecule has 0 unspecified atom stereocenters. The number of aryl methyl sites for hydroxylation is 1. The number of nitrogens with one attached hydrogen (secondary N) is 1. The first-order valence-corrected chi connectivity index (χ1v) is 13.2. The SMILES string of the molecule is COc1ccc(-c2cnc(N)c(-c3ccc(NC(=O)c4cn(CCF)cc(-c5ccccc5)c4=O)cc3)c2)cc1OC. The molecule has 0 aliphatic heterocycles. The number of benzene rings is 3. The number of nitrogen functional groups attached to an aromatic ring is 1. The molecule has 0 aliphatic carbocycles. The van der Waals surface area contributed by atoms with Gasteiger partial charge in [-0.1, -0.05) is 48.5 Å². The second-order valence-corrected chi connectivity index (χ2v) is 9.47. The number of ether oxygens (including phenoxy) is 2. The summed E-state index contributed by atoms with van der Waals surface area (Å²) < 4.78 is 25.4. The summed E-state index contributed by atoms with van der Waals surface area (Å²) in [6, 6.07) is 23.6. The fraction of sp³-hybridized carbons (Fsp3) is 0.121. The van der Waals surface area contributed by atoms with E-state index in [-0.39, 0.29) is 12.1 Å². The van der Waals surface area contributed by atoms with Crippen molar-refractivity contribution >= 4 is 17.4 Å². The molecule has 0 spiro atoms. The largest absolute Gasteiger partial charge is 0.493 e. The third kappa shape index (κ3) is 5.85. The quantitative estimate of drug-likeness (QED) is 0.225. The van der Waals surface area contributed by atoms with Crippen molar-refractivity contribution in [3.05, 3.63) is 113 Å². The summed E-state index contributed by atoms with van der Waals surface area (Å²) in [6.45, 7) is -0.613. The molecule has 0 bridgehead atoms. The van der Waals surface area contributed by atoms with Crippen LogP contribution in [0.2, 0.25) is 0 Å². The molecule has 9 heteroatoms. The number of aromatic nitrogens is 2. The van der Waals surface area contributed by atoms with E-state index in [0.29, 0.717) is 39.7 Å². The number of carbonyl (C=O) groups is 1. The molecular formula is C33H29FN4O4. The first-order chi connectivity index (χ1) is 20.4. The molecular weight excluding hydrogens is 535 g/mol. The maximum atomic E-state index is 13.3. The molecule has 5 aromatic rings. The van der Waals surface area contributed by atoms with Crippen molar-refractivity contribution in [2.45, 2.75) is 6.54 Å². The number of halogens is 1. The van der Waals surface area contributed by atoms with Crippen molar-refractivity contribution in [3.8, 4) is 44.9 Å². The maximum Gasteiger partial charge on any atom is 0.261 e. The van der Waals surface area contributed by atoms with Crippen molar-refractivity contribution in [1.29, 1.82) is 0 Å². The molecule has 5 rings (SSSR count). The van der Waals surface area contributed by atoms with E-state index in [1.165, 1.54) is 10.8 Å². The molecule has 0 saturated carbocycles. The number of anilines is 2. The molecule has 0 atom stereocenters. The molecule has 0 radical (unpaired) electrons. The minimum Gasteiger partial charge on any atom is -0.493 e. The van der Waals surface area contributed by atoms with Crippen LogP contribution in [0, 0.1) is 0 Å². The lowest BCUT2D eigenvalue weighted by atomic mass is 10.0. The second kappa shape index (κ2) is 12.4. The van der Waals surface area contributed by atoms with Crippen LogP contribution in [0.15, 0.2) is 102 Å².